The standard InChI is InChI=1S/C20H19N5O4/c1-25(2)14-8-5-12(6-9-14)17-21-19(28-23-17)20-22-18(24-29-20)13-7-10-15(26-3)16(11-13)27-4/h5-11H,1-4H3. The van der Waals surface area contributed by atoms with Crippen molar-refractivity contribution in [2.24, 2.45) is 0 Å². The summed E-state index contributed by atoms with van der Waals surface area (Å²) in [5, 5.41) is 8.00. The minimum atomic E-state index is 0.137. The molecular formula is C20H19N5O4. The Morgan fingerprint density at radius 2 is 1.28 bits per heavy atom. The lowest BCUT2D eigenvalue weighted by atomic mass is 10.2. The molecule has 0 saturated carbocycles. The Bertz CT molecular complexity index is 1120. The summed E-state index contributed by atoms with van der Waals surface area (Å²) in [7, 11) is 7.10. The third-order valence-corrected chi connectivity index (χ3v) is 4.32. The van der Waals surface area contributed by atoms with Gasteiger partial charge in [-0.25, -0.2) is 0 Å². The Balaban J connectivity index is 1.59. The van der Waals surface area contributed by atoms with Gasteiger partial charge in [0, 0.05) is 30.9 Å². The van der Waals surface area contributed by atoms with Crippen LogP contribution in [0.2, 0.25) is 0 Å². The fraction of sp³-hybridized carbons (Fsp3) is 0.200. The minimum Gasteiger partial charge on any atom is -0.493 e. The highest BCUT2D eigenvalue weighted by atomic mass is 16.5. The quantitative estimate of drug-likeness (QED) is 0.487. The van der Waals surface area contributed by atoms with Crippen LogP contribution >= 0.6 is 0 Å². The van der Waals surface area contributed by atoms with E-state index in [1.54, 1.807) is 26.4 Å². The van der Waals surface area contributed by atoms with Gasteiger partial charge in [-0.3, -0.25) is 0 Å². The molecule has 4 aromatic rings. The van der Waals surface area contributed by atoms with Crippen LogP contribution in [0.25, 0.3) is 34.6 Å². The van der Waals surface area contributed by atoms with E-state index in [9.17, 15) is 0 Å². The third kappa shape index (κ3) is 3.62. The van der Waals surface area contributed by atoms with Crippen LogP contribution in [-0.4, -0.2) is 48.6 Å². The van der Waals surface area contributed by atoms with Gasteiger partial charge in [-0.15, -0.1) is 0 Å². The second-order valence-corrected chi connectivity index (χ2v) is 6.36. The summed E-state index contributed by atoms with van der Waals surface area (Å²) in [6, 6.07) is 13.1. The van der Waals surface area contributed by atoms with Crippen molar-refractivity contribution in [3.05, 3.63) is 42.5 Å². The molecule has 2 aromatic carbocycles. The van der Waals surface area contributed by atoms with Crippen molar-refractivity contribution < 1.29 is 18.5 Å². The molecule has 2 heterocycles. The predicted molar refractivity (Wildman–Crippen MR) is 106 cm³/mol. The molecule has 0 radical (unpaired) electrons. The van der Waals surface area contributed by atoms with Crippen molar-refractivity contribution in [2.75, 3.05) is 33.2 Å². The van der Waals surface area contributed by atoms with Gasteiger partial charge in [-0.2, -0.15) is 9.97 Å². The summed E-state index contributed by atoms with van der Waals surface area (Å²) < 4.78 is 21.2. The van der Waals surface area contributed by atoms with Gasteiger partial charge in [0.1, 0.15) is 0 Å². The first kappa shape index (κ1) is 18.5. The zero-order valence-electron chi connectivity index (χ0n) is 16.4. The second kappa shape index (κ2) is 7.63. The lowest BCUT2D eigenvalue weighted by Crippen LogP contribution is -2.07. The van der Waals surface area contributed by atoms with Crippen LogP contribution < -0.4 is 14.4 Å². The van der Waals surface area contributed by atoms with E-state index < -0.39 is 0 Å². The molecule has 148 valence electrons. The maximum absolute atomic E-state index is 5.31. The van der Waals surface area contributed by atoms with E-state index >= 15 is 0 Å². The SMILES string of the molecule is COc1ccc(-c2noc(-c3nc(-c4ccc(N(C)C)cc4)no3)n2)cc1OC. The number of rotatable bonds is 6. The highest BCUT2D eigenvalue weighted by Crippen LogP contribution is 2.32. The molecule has 0 spiro atoms. The van der Waals surface area contributed by atoms with Crippen LogP contribution in [0.3, 0.4) is 0 Å². The molecule has 0 aliphatic carbocycles. The predicted octanol–water partition coefficient (Wildman–Crippen LogP) is 3.54. The first-order chi connectivity index (χ1) is 14.1. The fourth-order valence-corrected chi connectivity index (χ4v) is 2.74. The Morgan fingerprint density at radius 1 is 0.724 bits per heavy atom. The number of ether oxygens (including phenoxy) is 2. The van der Waals surface area contributed by atoms with Gasteiger partial charge in [-0.05, 0) is 42.5 Å². The Kier molecular flexibility index (Phi) is 4.86. The summed E-state index contributed by atoms with van der Waals surface area (Å²) in [6.45, 7) is 0. The van der Waals surface area contributed by atoms with Gasteiger partial charge in [0.25, 0.3) is 0 Å². The molecule has 0 unspecified atom stereocenters. The van der Waals surface area contributed by atoms with E-state index in [2.05, 4.69) is 20.3 Å². The zero-order chi connectivity index (χ0) is 20.4. The van der Waals surface area contributed by atoms with Crippen LogP contribution in [0.1, 0.15) is 0 Å². The average molecular weight is 393 g/mol. The van der Waals surface area contributed by atoms with Crippen molar-refractivity contribution in [3.8, 4) is 46.1 Å². The molecule has 0 N–H and O–H groups in total. The topological polar surface area (TPSA) is 99.5 Å². The molecule has 0 saturated heterocycles. The Labute approximate surface area is 166 Å². The lowest BCUT2D eigenvalue weighted by Gasteiger charge is -2.11. The van der Waals surface area contributed by atoms with Gasteiger partial charge in [0.15, 0.2) is 11.5 Å². The van der Waals surface area contributed by atoms with Crippen LogP contribution in [0, 0.1) is 0 Å². The number of hydrogen-bond acceptors (Lipinski definition) is 9. The van der Waals surface area contributed by atoms with Gasteiger partial charge < -0.3 is 23.4 Å². The monoisotopic (exact) mass is 393 g/mol. The average Bonchev–Trinajstić information content (AvgIpc) is 3.43. The molecule has 0 bridgehead atoms. The summed E-state index contributed by atoms with van der Waals surface area (Å²) in [6.07, 6.45) is 0. The number of anilines is 1. The van der Waals surface area contributed by atoms with Crippen molar-refractivity contribution in [1.82, 2.24) is 20.3 Å². The first-order valence-electron chi connectivity index (χ1n) is 8.77. The summed E-state index contributed by atoms with van der Waals surface area (Å²) in [5.41, 5.74) is 2.61. The van der Waals surface area contributed by atoms with Crippen LogP contribution in [0.5, 0.6) is 11.5 Å². The van der Waals surface area contributed by atoms with Gasteiger partial charge in [0.05, 0.1) is 14.2 Å². The van der Waals surface area contributed by atoms with Crippen molar-refractivity contribution in [1.29, 1.82) is 0 Å². The lowest BCUT2D eigenvalue weighted by molar-refractivity contribution is 0.355. The highest BCUT2D eigenvalue weighted by Gasteiger charge is 2.19. The van der Waals surface area contributed by atoms with E-state index in [-0.39, 0.29) is 11.8 Å². The molecule has 0 atom stereocenters. The molecule has 0 amide bonds. The molecule has 0 aliphatic heterocycles. The molecule has 0 fully saturated rings. The van der Waals surface area contributed by atoms with E-state index in [4.69, 9.17) is 18.5 Å². The van der Waals surface area contributed by atoms with Crippen molar-refractivity contribution >= 4 is 5.69 Å². The molecule has 9 nitrogen and oxygen atoms in total. The van der Waals surface area contributed by atoms with E-state index in [0.29, 0.717) is 28.7 Å². The molecule has 29 heavy (non-hydrogen) atoms. The number of aromatic nitrogens is 4. The summed E-state index contributed by atoms with van der Waals surface area (Å²) in [4.78, 5) is 10.7. The Morgan fingerprint density at radius 3 is 1.83 bits per heavy atom. The molecule has 4 rings (SSSR count). The second-order valence-electron chi connectivity index (χ2n) is 6.36. The zero-order valence-corrected chi connectivity index (χ0v) is 16.4. The van der Waals surface area contributed by atoms with Gasteiger partial charge in [-0.1, -0.05) is 10.3 Å². The Hall–Kier alpha value is -3.88. The van der Waals surface area contributed by atoms with Crippen molar-refractivity contribution in [3.63, 3.8) is 0 Å². The normalized spacial score (nSPS) is 10.8. The number of nitrogens with zero attached hydrogens (tertiary/aromatic N) is 5. The molecular weight excluding hydrogens is 374 g/mol. The number of hydrogen-bond donors (Lipinski definition) is 0. The van der Waals surface area contributed by atoms with E-state index in [1.807, 2.05) is 49.3 Å². The van der Waals surface area contributed by atoms with Crippen LogP contribution in [-0.2, 0) is 0 Å². The fourth-order valence-electron chi connectivity index (χ4n) is 2.74. The molecule has 2 aromatic heterocycles. The van der Waals surface area contributed by atoms with Gasteiger partial charge >= 0.3 is 11.8 Å². The first-order valence-corrected chi connectivity index (χ1v) is 8.77. The van der Waals surface area contributed by atoms with Crippen molar-refractivity contribution in [2.45, 2.75) is 0 Å². The third-order valence-electron chi connectivity index (χ3n) is 4.32. The highest BCUT2D eigenvalue weighted by molar-refractivity contribution is 5.63. The smallest absolute Gasteiger partial charge is 0.316 e. The van der Waals surface area contributed by atoms with Crippen LogP contribution in [0.4, 0.5) is 5.69 Å². The van der Waals surface area contributed by atoms with E-state index in [0.717, 1.165) is 11.3 Å². The maximum Gasteiger partial charge on any atom is 0.316 e. The van der Waals surface area contributed by atoms with E-state index in [1.165, 1.54) is 0 Å². The van der Waals surface area contributed by atoms with Gasteiger partial charge in [0.2, 0.25) is 11.6 Å². The molecule has 9 heteroatoms. The number of methoxy groups -OCH3 is 2. The number of benzene rings is 2. The summed E-state index contributed by atoms with van der Waals surface area (Å²) >= 11 is 0. The summed E-state index contributed by atoms with van der Waals surface area (Å²) in [5.74, 6) is 2.28. The van der Waals surface area contributed by atoms with Crippen LogP contribution in [0.15, 0.2) is 51.5 Å². The minimum absolute atomic E-state index is 0.137. The maximum atomic E-state index is 5.31. The largest absolute Gasteiger partial charge is 0.493 e. The molecule has 0 aliphatic rings.